The van der Waals surface area contributed by atoms with Crippen LogP contribution in [0, 0.1) is 5.41 Å². The van der Waals surface area contributed by atoms with Crippen molar-refractivity contribution in [2.75, 3.05) is 31.3 Å². The highest BCUT2D eigenvalue weighted by atomic mass is 32.1. The fourth-order valence-corrected chi connectivity index (χ4v) is 2.68. The van der Waals surface area contributed by atoms with Gasteiger partial charge < -0.3 is 20.5 Å². The van der Waals surface area contributed by atoms with E-state index in [0.29, 0.717) is 17.0 Å². The second-order valence-corrected chi connectivity index (χ2v) is 6.26. The lowest BCUT2D eigenvalue weighted by Crippen LogP contribution is -2.17. The molecule has 0 aliphatic heterocycles. The summed E-state index contributed by atoms with van der Waals surface area (Å²) < 4.78 is 15.0. The Morgan fingerprint density at radius 3 is 2.79 bits per heavy atom. The average Bonchev–Trinajstić information content (AvgIpc) is 3.07. The summed E-state index contributed by atoms with van der Waals surface area (Å²) in [6.07, 6.45) is 3.73. The van der Waals surface area contributed by atoms with E-state index in [1.807, 2.05) is 13.8 Å². The van der Waals surface area contributed by atoms with Gasteiger partial charge in [0.25, 0.3) is 0 Å². The van der Waals surface area contributed by atoms with Crippen molar-refractivity contribution in [1.82, 2.24) is 4.37 Å². The molecule has 19 heavy (non-hydrogen) atoms. The Morgan fingerprint density at radius 2 is 2.21 bits per heavy atom. The van der Waals surface area contributed by atoms with E-state index >= 15 is 0 Å². The molecule has 3 N–H and O–H groups in total. The van der Waals surface area contributed by atoms with Crippen LogP contribution in [-0.2, 0) is 4.74 Å². The number of nitrogen functional groups attached to an aromatic ring is 1. The minimum atomic E-state index is 0.0997. The minimum absolute atomic E-state index is 0.0997. The van der Waals surface area contributed by atoms with E-state index in [1.165, 1.54) is 24.4 Å². The summed E-state index contributed by atoms with van der Waals surface area (Å²) in [6, 6.07) is 0. The van der Waals surface area contributed by atoms with Crippen LogP contribution in [0.3, 0.4) is 0 Å². The van der Waals surface area contributed by atoms with E-state index < -0.39 is 0 Å². The van der Waals surface area contributed by atoms with E-state index in [9.17, 15) is 0 Å². The van der Waals surface area contributed by atoms with Crippen LogP contribution < -0.4 is 15.8 Å². The normalized spacial score (nSPS) is 16.6. The molecule has 0 radical (unpaired) electrons. The third-order valence-electron chi connectivity index (χ3n) is 3.45. The van der Waals surface area contributed by atoms with Gasteiger partial charge in [-0.05, 0) is 50.1 Å². The van der Waals surface area contributed by atoms with Gasteiger partial charge in [-0.3, -0.25) is 0 Å². The maximum absolute atomic E-state index is 5.84. The van der Waals surface area contributed by atoms with Gasteiger partial charge in [0.15, 0.2) is 16.6 Å². The number of hydrogen-bond acceptors (Lipinski definition) is 6. The SMILES string of the molecule is COCCC1(CNc2snc(N)c2OC(C)C)CC1. The molecular formula is C13H23N3O2S. The minimum Gasteiger partial charge on any atom is -0.484 e. The summed E-state index contributed by atoms with van der Waals surface area (Å²) in [4.78, 5) is 0. The number of nitrogens with zero attached hydrogens (tertiary/aromatic N) is 1. The number of aromatic nitrogens is 1. The van der Waals surface area contributed by atoms with Gasteiger partial charge in [-0.1, -0.05) is 0 Å². The molecule has 1 fully saturated rings. The summed E-state index contributed by atoms with van der Waals surface area (Å²) in [5, 5.41) is 4.39. The van der Waals surface area contributed by atoms with Gasteiger partial charge in [-0.2, -0.15) is 4.37 Å². The Bertz CT molecular complexity index is 416. The van der Waals surface area contributed by atoms with Crippen LogP contribution in [0.2, 0.25) is 0 Å². The van der Waals surface area contributed by atoms with Gasteiger partial charge in [-0.25, -0.2) is 0 Å². The molecular weight excluding hydrogens is 262 g/mol. The lowest BCUT2D eigenvalue weighted by atomic mass is 10.0. The van der Waals surface area contributed by atoms with Crippen LogP contribution in [0.25, 0.3) is 0 Å². The van der Waals surface area contributed by atoms with Crippen molar-refractivity contribution in [2.24, 2.45) is 5.41 Å². The number of hydrogen-bond donors (Lipinski definition) is 2. The third kappa shape index (κ3) is 3.73. The van der Waals surface area contributed by atoms with E-state index in [-0.39, 0.29) is 6.10 Å². The van der Waals surface area contributed by atoms with Crippen molar-refractivity contribution < 1.29 is 9.47 Å². The molecule has 6 heteroatoms. The number of rotatable bonds is 8. The number of nitrogens with two attached hydrogens (primary N) is 1. The first kappa shape index (κ1) is 14.4. The van der Waals surface area contributed by atoms with E-state index in [1.54, 1.807) is 7.11 Å². The van der Waals surface area contributed by atoms with Gasteiger partial charge in [0.1, 0.15) is 0 Å². The summed E-state index contributed by atoms with van der Waals surface area (Å²) >= 11 is 1.37. The predicted octanol–water partition coefficient (Wildman–Crippen LogP) is 2.74. The predicted molar refractivity (Wildman–Crippen MR) is 78.9 cm³/mol. The molecule has 1 aromatic rings. The van der Waals surface area contributed by atoms with Crippen molar-refractivity contribution >= 4 is 22.4 Å². The molecule has 0 amide bonds. The Hall–Kier alpha value is -1.01. The van der Waals surface area contributed by atoms with Crippen molar-refractivity contribution in [3.63, 3.8) is 0 Å². The van der Waals surface area contributed by atoms with Crippen molar-refractivity contribution in [2.45, 2.75) is 39.2 Å². The van der Waals surface area contributed by atoms with Crippen molar-refractivity contribution in [3.05, 3.63) is 0 Å². The highest BCUT2D eigenvalue weighted by Crippen LogP contribution is 2.49. The first-order chi connectivity index (χ1) is 9.06. The van der Waals surface area contributed by atoms with Gasteiger partial charge in [-0.15, -0.1) is 0 Å². The standard InChI is InChI=1S/C13H23N3O2S/c1-9(2)18-10-11(14)16-19-12(10)15-8-13(4-5-13)6-7-17-3/h9,15H,4-8H2,1-3H3,(H2,14,16). The van der Waals surface area contributed by atoms with E-state index in [2.05, 4.69) is 9.69 Å². The summed E-state index contributed by atoms with van der Waals surface area (Å²) in [6.45, 7) is 5.73. The molecule has 1 saturated carbocycles. The van der Waals surface area contributed by atoms with Crippen LogP contribution in [0.5, 0.6) is 5.75 Å². The molecule has 2 rings (SSSR count). The number of ether oxygens (including phenoxy) is 2. The molecule has 0 saturated heterocycles. The van der Waals surface area contributed by atoms with Gasteiger partial charge in [0, 0.05) is 20.3 Å². The second kappa shape index (κ2) is 5.96. The van der Waals surface area contributed by atoms with Crippen molar-refractivity contribution in [1.29, 1.82) is 0 Å². The topological polar surface area (TPSA) is 69.4 Å². The highest BCUT2D eigenvalue weighted by Gasteiger charge is 2.42. The maximum Gasteiger partial charge on any atom is 0.197 e. The summed E-state index contributed by atoms with van der Waals surface area (Å²) in [7, 11) is 1.75. The quantitative estimate of drug-likeness (QED) is 0.768. The molecule has 5 nitrogen and oxygen atoms in total. The first-order valence-electron chi connectivity index (χ1n) is 6.71. The lowest BCUT2D eigenvalue weighted by Gasteiger charge is -2.17. The van der Waals surface area contributed by atoms with E-state index in [0.717, 1.165) is 24.6 Å². The Balaban J connectivity index is 1.92. The van der Waals surface area contributed by atoms with Crippen LogP contribution in [0.15, 0.2) is 0 Å². The van der Waals surface area contributed by atoms with Crippen LogP contribution in [0.4, 0.5) is 10.8 Å². The fraction of sp³-hybridized carbons (Fsp3) is 0.769. The smallest absolute Gasteiger partial charge is 0.197 e. The Labute approximate surface area is 118 Å². The second-order valence-electron chi connectivity index (χ2n) is 5.49. The largest absolute Gasteiger partial charge is 0.484 e. The van der Waals surface area contributed by atoms with E-state index in [4.69, 9.17) is 15.2 Å². The van der Waals surface area contributed by atoms with Crippen LogP contribution in [0.1, 0.15) is 33.1 Å². The number of methoxy groups -OCH3 is 1. The first-order valence-corrected chi connectivity index (χ1v) is 7.48. The Morgan fingerprint density at radius 1 is 1.47 bits per heavy atom. The molecule has 108 valence electrons. The monoisotopic (exact) mass is 285 g/mol. The molecule has 1 heterocycles. The molecule has 0 unspecified atom stereocenters. The zero-order valence-corrected chi connectivity index (χ0v) is 12.7. The summed E-state index contributed by atoms with van der Waals surface area (Å²) in [5.74, 6) is 1.17. The molecule has 1 aromatic heterocycles. The third-order valence-corrected chi connectivity index (χ3v) is 4.25. The zero-order valence-electron chi connectivity index (χ0n) is 11.9. The lowest BCUT2D eigenvalue weighted by molar-refractivity contribution is 0.175. The molecule has 0 bridgehead atoms. The molecule has 0 atom stereocenters. The highest BCUT2D eigenvalue weighted by molar-refractivity contribution is 7.11. The molecule has 1 aliphatic rings. The number of anilines is 2. The Kier molecular flexibility index (Phi) is 4.52. The van der Waals surface area contributed by atoms with Gasteiger partial charge in [0.2, 0.25) is 0 Å². The van der Waals surface area contributed by atoms with Gasteiger partial charge >= 0.3 is 0 Å². The molecule has 1 aliphatic carbocycles. The summed E-state index contributed by atoms with van der Waals surface area (Å²) in [5.41, 5.74) is 6.23. The van der Waals surface area contributed by atoms with Crippen LogP contribution >= 0.6 is 11.5 Å². The molecule has 0 spiro atoms. The van der Waals surface area contributed by atoms with Gasteiger partial charge in [0.05, 0.1) is 6.10 Å². The average molecular weight is 285 g/mol. The van der Waals surface area contributed by atoms with Crippen LogP contribution in [-0.4, -0.2) is 30.7 Å². The fourth-order valence-electron chi connectivity index (χ4n) is 2.03. The maximum atomic E-state index is 5.84. The molecule has 0 aromatic carbocycles. The zero-order chi connectivity index (χ0) is 13.9. The van der Waals surface area contributed by atoms with Crippen molar-refractivity contribution in [3.8, 4) is 5.75 Å². The number of nitrogens with one attached hydrogen (secondary N) is 1.